The molecule has 0 saturated carbocycles. The van der Waals surface area contributed by atoms with Crippen LogP contribution in [-0.2, 0) is 36.7 Å². The van der Waals surface area contributed by atoms with Gasteiger partial charge in [0.2, 0.25) is 0 Å². The second-order valence-electron chi connectivity index (χ2n) is 10.7. The summed E-state index contributed by atoms with van der Waals surface area (Å²) in [7, 11) is 5.05. The van der Waals surface area contributed by atoms with E-state index in [1.54, 1.807) is 0 Å². The summed E-state index contributed by atoms with van der Waals surface area (Å²) in [6, 6.07) is 12.9. The molecule has 2 aromatic carbocycles. The second-order valence-corrected chi connectivity index (χ2v) is 12.0. The number of hydrogen-bond acceptors (Lipinski definition) is 1. The molecule has 2 rings (SSSR count). The Morgan fingerprint density at radius 1 is 0.867 bits per heavy atom. The van der Waals surface area contributed by atoms with E-state index < -0.39 is 0 Å². The number of rotatable bonds is 4. The van der Waals surface area contributed by atoms with Crippen LogP contribution in [-0.4, -0.2) is 10.6 Å². The van der Waals surface area contributed by atoms with E-state index in [4.69, 9.17) is 5.32 Å². The molecule has 1 unspecified atom stereocenters. The zero-order valence-electron chi connectivity index (χ0n) is 19.9. The fourth-order valence-corrected chi connectivity index (χ4v) is 4.26. The molecule has 0 amide bonds. The first kappa shape index (κ1) is 27.7. The first-order valence-electron chi connectivity index (χ1n) is 10.3. The Balaban J connectivity index is 0.00000218. The first-order chi connectivity index (χ1) is 13.7. The van der Waals surface area contributed by atoms with E-state index in [2.05, 4.69) is 108 Å². The van der Waals surface area contributed by atoms with Crippen molar-refractivity contribution in [2.75, 3.05) is 0 Å². The second kappa shape index (κ2) is 11.0. The predicted octanol–water partition coefficient (Wildman–Crippen LogP) is 6.98. The summed E-state index contributed by atoms with van der Waals surface area (Å²) in [5.74, 6) is 0.446. The van der Waals surface area contributed by atoms with Crippen LogP contribution in [0.25, 0.3) is 5.32 Å². The molecule has 0 aliphatic rings. The Labute approximate surface area is 201 Å². The van der Waals surface area contributed by atoms with Gasteiger partial charge in [-0.2, -0.15) is 0 Å². The molecule has 0 aliphatic heterocycles. The van der Waals surface area contributed by atoms with Crippen molar-refractivity contribution in [1.29, 1.82) is 0 Å². The van der Waals surface area contributed by atoms with Gasteiger partial charge in [-0.15, -0.1) is 12.1 Å². The topological polar surface area (TPSA) is 34.3 Å². The zero-order valence-corrected chi connectivity index (χ0v) is 23.3. The standard InChI is InChI=1S/C25H37NOP.ClH.Ti/c1-23(2,3)18-14-19(24(4,5)6)22(27)21(15-18)28-20-13-11-10-12-17(20)16-26-25(7,8)9;;/h10-15,27-28H,16H2,1-9H3;1H;/q-1;;+2/p-1. The fraction of sp³-hybridized carbons (Fsp3) is 0.520. The molecule has 0 spiro atoms. The van der Waals surface area contributed by atoms with Gasteiger partial charge in [0.25, 0.3) is 0 Å². The third kappa shape index (κ3) is 8.29. The fourth-order valence-electron chi connectivity index (χ4n) is 2.98. The van der Waals surface area contributed by atoms with Crippen LogP contribution in [0.4, 0.5) is 0 Å². The number of phenolic OH excluding ortho intramolecular Hbond substituents is 1. The molecule has 164 valence electrons. The number of aromatic hydroxyl groups is 1. The van der Waals surface area contributed by atoms with Gasteiger partial charge in [0.1, 0.15) is 5.75 Å². The van der Waals surface area contributed by atoms with Gasteiger partial charge in [-0.25, -0.2) is 0 Å². The molecule has 2 nitrogen and oxygen atoms in total. The van der Waals surface area contributed by atoms with Crippen molar-refractivity contribution in [2.45, 2.75) is 85.2 Å². The Hall–Kier alpha value is -0.366. The van der Waals surface area contributed by atoms with Crippen LogP contribution in [0.1, 0.15) is 79.0 Å². The number of nitrogens with zero attached hydrogens (tertiary/aromatic N) is 1. The maximum atomic E-state index is 11.1. The molecule has 1 atom stereocenters. The van der Waals surface area contributed by atoms with E-state index in [0.717, 1.165) is 10.9 Å². The van der Waals surface area contributed by atoms with Crippen LogP contribution in [0.3, 0.4) is 0 Å². The molecule has 0 saturated heterocycles. The van der Waals surface area contributed by atoms with Crippen LogP contribution < -0.4 is 10.6 Å². The van der Waals surface area contributed by atoms with E-state index in [1.165, 1.54) is 35.8 Å². The molecular formula is C25H37ClNOPTi. The summed E-state index contributed by atoms with van der Waals surface area (Å²) in [6.07, 6.45) is 0. The van der Waals surface area contributed by atoms with Crippen LogP contribution in [0.2, 0.25) is 0 Å². The monoisotopic (exact) mass is 481 g/mol. The Bertz CT molecular complexity index is 833. The minimum absolute atomic E-state index is 0.0357. The van der Waals surface area contributed by atoms with E-state index in [-0.39, 0.29) is 16.4 Å². The molecule has 30 heavy (non-hydrogen) atoms. The SMILES string of the molecule is CC(C)(C)[N-]Cc1ccccc1Pc1cc(C(C)(C)C)cc(C(C)(C)C)c1O.[Cl][Ti+]. The van der Waals surface area contributed by atoms with Crippen LogP contribution in [0, 0.1) is 0 Å². The van der Waals surface area contributed by atoms with Crippen molar-refractivity contribution in [1.82, 2.24) is 0 Å². The van der Waals surface area contributed by atoms with Crippen LogP contribution in [0.15, 0.2) is 36.4 Å². The van der Waals surface area contributed by atoms with Crippen molar-refractivity contribution in [3.05, 3.63) is 58.4 Å². The van der Waals surface area contributed by atoms with Crippen molar-refractivity contribution < 1.29 is 24.5 Å². The summed E-state index contributed by atoms with van der Waals surface area (Å²) in [5, 5.41) is 18.2. The molecule has 0 radical (unpaired) electrons. The number of halogens is 1. The normalized spacial score (nSPS) is 12.7. The van der Waals surface area contributed by atoms with Gasteiger partial charge < -0.3 is 10.4 Å². The Morgan fingerprint density at radius 2 is 1.43 bits per heavy atom. The van der Waals surface area contributed by atoms with Crippen molar-refractivity contribution >= 4 is 28.5 Å². The number of phenols is 1. The molecule has 0 bridgehead atoms. The van der Waals surface area contributed by atoms with Gasteiger partial charge in [0.05, 0.1) is 0 Å². The van der Waals surface area contributed by atoms with Crippen molar-refractivity contribution in [3.63, 3.8) is 0 Å². The van der Waals surface area contributed by atoms with E-state index in [9.17, 15) is 5.11 Å². The summed E-state index contributed by atoms with van der Waals surface area (Å²) in [6.45, 7) is 20.3. The van der Waals surface area contributed by atoms with E-state index in [1.807, 2.05) is 0 Å². The summed E-state index contributed by atoms with van der Waals surface area (Å²) in [4.78, 5) is 0. The molecule has 0 heterocycles. The van der Waals surface area contributed by atoms with E-state index in [0.29, 0.717) is 20.9 Å². The average Bonchev–Trinajstić information content (AvgIpc) is 2.61. The zero-order chi connectivity index (χ0) is 23.3. The Morgan fingerprint density at radius 3 is 1.93 bits per heavy atom. The first-order valence-corrected chi connectivity index (χ1v) is 13.4. The van der Waals surface area contributed by atoms with Gasteiger partial charge in [-0.3, -0.25) is 0 Å². The van der Waals surface area contributed by atoms with Crippen LogP contribution >= 0.6 is 17.9 Å². The van der Waals surface area contributed by atoms with Gasteiger partial charge in [0.15, 0.2) is 0 Å². The third-order valence-electron chi connectivity index (χ3n) is 4.79. The summed E-state index contributed by atoms with van der Waals surface area (Å²) >= 11 is 1.47. The minimum atomic E-state index is -0.105. The van der Waals surface area contributed by atoms with Gasteiger partial charge in [0, 0.05) is 10.9 Å². The van der Waals surface area contributed by atoms with Crippen molar-refractivity contribution in [2.24, 2.45) is 0 Å². The van der Waals surface area contributed by atoms with Gasteiger partial charge in [-0.05, 0) is 27.8 Å². The van der Waals surface area contributed by atoms with Crippen LogP contribution in [0.5, 0.6) is 5.75 Å². The van der Waals surface area contributed by atoms with Crippen molar-refractivity contribution in [3.8, 4) is 5.75 Å². The maximum absolute atomic E-state index is 11.1. The summed E-state index contributed by atoms with van der Waals surface area (Å²) in [5.41, 5.74) is 3.42. The molecule has 1 N–H and O–H groups in total. The third-order valence-corrected chi connectivity index (χ3v) is 6.20. The molecular weight excluding hydrogens is 445 g/mol. The summed E-state index contributed by atoms with van der Waals surface area (Å²) < 4.78 is 0. The number of hydrogen-bond donors (Lipinski definition) is 1. The molecule has 2 aromatic rings. The number of benzene rings is 2. The van der Waals surface area contributed by atoms with Gasteiger partial charge >= 0.3 is 28.7 Å². The predicted molar refractivity (Wildman–Crippen MR) is 132 cm³/mol. The Kier molecular flexibility index (Phi) is 10.1. The van der Waals surface area contributed by atoms with Gasteiger partial charge in [-0.1, -0.05) is 107 Å². The average molecular weight is 482 g/mol. The quantitative estimate of drug-likeness (QED) is 0.371. The van der Waals surface area contributed by atoms with E-state index >= 15 is 0 Å². The molecule has 0 aromatic heterocycles. The molecule has 0 fully saturated rings. The molecule has 0 aliphatic carbocycles. The molecule has 5 heteroatoms.